The zero-order valence-electron chi connectivity index (χ0n) is 12.0. The fourth-order valence-electron chi connectivity index (χ4n) is 2.01. The van der Waals surface area contributed by atoms with Crippen LogP contribution in [0.4, 0.5) is 5.69 Å². The molecule has 0 saturated heterocycles. The molecular formula is C17H19NO2. The Morgan fingerprint density at radius 1 is 1.15 bits per heavy atom. The van der Waals surface area contributed by atoms with E-state index in [0.717, 1.165) is 5.56 Å². The molecule has 0 heterocycles. The number of hydrogen-bond acceptors (Lipinski definition) is 3. The Bertz CT molecular complexity index is 633. The molecule has 0 fully saturated rings. The van der Waals surface area contributed by atoms with Crippen LogP contribution in [0.1, 0.15) is 35.3 Å². The van der Waals surface area contributed by atoms with Crippen LogP contribution in [0.3, 0.4) is 0 Å². The van der Waals surface area contributed by atoms with Gasteiger partial charge in [0, 0.05) is 16.8 Å². The summed E-state index contributed by atoms with van der Waals surface area (Å²) in [5.74, 6) is 0.609. The number of rotatable bonds is 4. The number of anilines is 1. The van der Waals surface area contributed by atoms with Gasteiger partial charge in [-0.1, -0.05) is 23.8 Å². The highest BCUT2D eigenvalue weighted by Gasteiger charge is 2.13. The molecule has 0 unspecified atom stereocenters. The van der Waals surface area contributed by atoms with Crippen LogP contribution in [0.15, 0.2) is 42.5 Å². The molecule has 0 amide bonds. The van der Waals surface area contributed by atoms with E-state index in [1.165, 1.54) is 0 Å². The molecule has 0 spiro atoms. The van der Waals surface area contributed by atoms with Crippen LogP contribution in [0, 0.1) is 6.92 Å². The molecule has 104 valence electrons. The van der Waals surface area contributed by atoms with Crippen molar-refractivity contribution in [3.05, 3.63) is 59.2 Å². The molecule has 2 N–H and O–H groups in total. The van der Waals surface area contributed by atoms with E-state index in [4.69, 9.17) is 10.5 Å². The molecule has 0 aliphatic carbocycles. The average Bonchev–Trinajstić information content (AvgIpc) is 2.40. The van der Waals surface area contributed by atoms with Gasteiger partial charge >= 0.3 is 0 Å². The van der Waals surface area contributed by atoms with Crippen molar-refractivity contribution in [2.75, 3.05) is 5.73 Å². The molecule has 2 rings (SSSR count). The van der Waals surface area contributed by atoms with Crippen LogP contribution in [-0.2, 0) is 0 Å². The van der Waals surface area contributed by atoms with Crippen LogP contribution < -0.4 is 10.5 Å². The zero-order valence-corrected chi connectivity index (χ0v) is 12.0. The van der Waals surface area contributed by atoms with Gasteiger partial charge in [-0.2, -0.15) is 0 Å². The normalized spacial score (nSPS) is 10.6. The summed E-state index contributed by atoms with van der Waals surface area (Å²) in [5, 5.41) is 0. The minimum atomic E-state index is -0.0830. The second kappa shape index (κ2) is 5.78. The lowest BCUT2D eigenvalue weighted by atomic mass is 10.00. The van der Waals surface area contributed by atoms with Gasteiger partial charge in [-0.25, -0.2) is 0 Å². The third kappa shape index (κ3) is 3.18. The molecule has 3 heteroatoms. The Morgan fingerprint density at radius 3 is 2.60 bits per heavy atom. The number of benzene rings is 2. The maximum atomic E-state index is 12.5. The summed E-state index contributed by atoms with van der Waals surface area (Å²) in [7, 11) is 0. The van der Waals surface area contributed by atoms with Gasteiger partial charge in [0.15, 0.2) is 5.78 Å². The first-order valence-electron chi connectivity index (χ1n) is 6.65. The average molecular weight is 269 g/mol. The Labute approximate surface area is 119 Å². The summed E-state index contributed by atoms with van der Waals surface area (Å²) in [6, 6.07) is 12.7. The Morgan fingerprint density at radius 2 is 1.90 bits per heavy atom. The highest BCUT2D eigenvalue weighted by atomic mass is 16.5. The van der Waals surface area contributed by atoms with Gasteiger partial charge < -0.3 is 10.5 Å². The summed E-state index contributed by atoms with van der Waals surface area (Å²) in [5.41, 5.74) is 8.52. The minimum Gasteiger partial charge on any atom is -0.491 e. The van der Waals surface area contributed by atoms with Crippen LogP contribution >= 0.6 is 0 Å². The number of nitrogen functional groups attached to an aromatic ring is 1. The monoisotopic (exact) mass is 269 g/mol. The molecular weight excluding hydrogens is 250 g/mol. The predicted octanol–water partition coefficient (Wildman–Crippen LogP) is 3.60. The Kier molecular flexibility index (Phi) is 4.08. The number of nitrogens with two attached hydrogens (primary N) is 1. The highest BCUT2D eigenvalue weighted by Crippen LogP contribution is 2.21. The first kappa shape index (κ1) is 14.1. The first-order valence-corrected chi connectivity index (χ1v) is 6.65. The third-order valence-corrected chi connectivity index (χ3v) is 2.92. The van der Waals surface area contributed by atoms with Crippen molar-refractivity contribution in [1.82, 2.24) is 0 Å². The van der Waals surface area contributed by atoms with Crippen LogP contribution in [-0.4, -0.2) is 11.9 Å². The molecule has 0 atom stereocenters. The van der Waals surface area contributed by atoms with E-state index in [2.05, 4.69) is 0 Å². The fraction of sp³-hybridized carbons (Fsp3) is 0.235. The third-order valence-electron chi connectivity index (χ3n) is 2.92. The van der Waals surface area contributed by atoms with Gasteiger partial charge in [-0.05, 0) is 45.0 Å². The smallest absolute Gasteiger partial charge is 0.195 e. The second-order valence-electron chi connectivity index (χ2n) is 5.11. The van der Waals surface area contributed by atoms with Gasteiger partial charge in [0.05, 0.1) is 6.10 Å². The van der Waals surface area contributed by atoms with Crippen molar-refractivity contribution in [3.63, 3.8) is 0 Å². The van der Waals surface area contributed by atoms with Gasteiger partial charge in [0.25, 0.3) is 0 Å². The Balaban J connectivity index is 2.35. The van der Waals surface area contributed by atoms with Gasteiger partial charge in [-0.3, -0.25) is 4.79 Å². The van der Waals surface area contributed by atoms with Crippen molar-refractivity contribution in [1.29, 1.82) is 0 Å². The molecule has 0 aliphatic rings. The summed E-state index contributed by atoms with van der Waals surface area (Å²) >= 11 is 0. The molecule has 2 aromatic rings. The highest BCUT2D eigenvalue weighted by molar-refractivity contribution is 6.12. The molecule has 3 nitrogen and oxygen atoms in total. The molecule has 0 aliphatic heterocycles. The number of carbonyl (C=O) groups is 1. The van der Waals surface area contributed by atoms with E-state index in [1.54, 1.807) is 18.2 Å². The van der Waals surface area contributed by atoms with E-state index in [9.17, 15) is 4.79 Å². The lowest BCUT2D eigenvalue weighted by Gasteiger charge is -2.11. The number of carbonyl (C=O) groups excluding carboxylic acids is 1. The van der Waals surface area contributed by atoms with Crippen molar-refractivity contribution in [3.8, 4) is 5.75 Å². The number of ketones is 1. The SMILES string of the molecule is Cc1ccc(N)c(C(=O)c2cccc(OC(C)C)c2)c1. The maximum Gasteiger partial charge on any atom is 0.195 e. The van der Waals surface area contributed by atoms with Crippen molar-refractivity contribution in [2.45, 2.75) is 26.9 Å². The molecule has 20 heavy (non-hydrogen) atoms. The summed E-state index contributed by atoms with van der Waals surface area (Å²) in [6.45, 7) is 5.84. The largest absolute Gasteiger partial charge is 0.491 e. The first-order chi connectivity index (χ1) is 9.47. The van der Waals surface area contributed by atoms with Crippen LogP contribution in [0.2, 0.25) is 0 Å². The summed E-state index contributed by atoms with van der Waals surface area (Å²) in [4.78, 5) is 12.5. The van der Waals surface area contributed by atoms with Crippen molar-refractivity contribution in [2.24, 2.45) is 0 Å². The minimum absolute atomic E-state index is 0.0735. The van der Waals surface area contributed by atoms with E-state index < -0.39 is 0 Å². The van der Waals surface area contributed by atoms with Gasteiger partial charge in [-0.15, -0.1) is 0 Å². The molecule has 2 aromatic carbocycles. The van der Waals surface area contributed by atoms with Crippen LogP contribution in [0.25, 0.3) is 0 Å². The van der Waals surface area contributed by atoms with E-state index >= 15 is 0 Å². The van der Waals surface area contributed by atoms with Crippen molar-refractivity contribution >= 4 is 11.5 Å². The number of aryl methyl sites for hydroxylation is 1. The van der Waals surface area contributed by atoms with Crippen molar-refractivity contribution < 1.29 is 9.53 Å². The number of ether oxygens (including phenoxy) is 1. The summed E-state index contributed by atoms with van der Waals surface area (Å²) in [6.07, 6.45) is 0.0735. The molecule has 0 radical (unpaired) electrons. The Hall–Kier alpha value is -2.29. The lowest BCUT2D eigenvalue weighted by molar-refractivity contribution is 0.103. The molecule has 0 aromatic heterocycles. The maximum absolute atomic E-state index is 12.5. The molecule has 0 saturated carbocycles. The van der Waals surface area contributed by atoms with Crippen LogP contribution in [0.5, 0.6) is 5.75 Å². The number of hydrogen-bond donors (Lipinski definition) is 1. The van der Waals surface area contributed by atoms with E-state index in [0.29, 0.717) is 22.6 Å². The second-order valence-corrected chi connectivity index (χ2v) is 5.11. The van der Waals surface area contributed by atoms with E-state index in [-0.39, 0.29) is 11.9 Å². The quantitative estimate of drug-likeness (QED) is 0.681. The standard InChI is InChI=1S/C17H19NO2/c1-11(2)20-14-6-4-5-13(10-14)17(19)15-9-12(3)7-8-16(15)18/h4-11H,18H2,1-3H3. The topological polar surface area (TPSA) is 52.3 Å². The van der Waals surface area contributed by atoms with Gasteiger partial charge in [0.1, 0.15) is 5.75 Å². The molecule has 0 bridgehead atoms. The van der Waals surface area contributed by atoms with E-state index in [1.807, 2.05) is 45.0 Å². The van der Waals surface area contributed by atoms with Gasteiger partial charge in [0.2, 0.25) is 0 Å². The zero-order chi connectivity index (χ0) is 14.7. The summed E-state index contributed by atoms with van der Waals surface area (Å²) < 4.78 is 5.61. The predicted molar refractivity (Wildman–Crippen MR) is 81.2 cm³/mol. The lowest BCUT2D eigenvalue weighted by Crippen LogP contribution is -2.08. The fourth-order valence-corrected chi connectivity index (χ4v) is 2.01.